The summed E-state index contributed by atoms with van der Waals surface area (Å²) in [6.07, 6.45) is 0. The van der Waals surface area contributed by atoms with E-state index in [2.05, 4.69) is 17.0 Å². The van der Waals surface area contributed by atoms with Gasteiger partial charge in [0, 0.05) is 28.1 Å². The summed E-state index contributed by atoms with van der Waals surface area (Å²) >= 11 is 0. The second kappa shape index (κ2) is 3.02. The molecule has 1 aromatic rings. The standard InChI is InChI=1S/C5H8N3.W/c1-4-6-5(2)8(3)7-4;/h2H2,1,3H3;/q-1;. The fourth-order valence-corrected chi connectivity index (χ4v) is 0.556. The predicted octanol–water partition coefficient (Wildman–Crippen LogP) is 0.303. The summed E-state index contributed by atoms with van der Waals surface area (Å²) < 4.78 is 1.65. The summed E-state index contributed by atoms with van der Waals surface area (Å²) in [5.74, 6) is 1.49. The zero-order valence-corrected chi connectivity index (χ0v) is 8.39. The van der Waals surface area contributed by atoms with Crippen LogP contribution in [0.4, 0.5) is 0 Å². The van der Waals surface area contributed by atoms with Crippen molar-refractivity contribution in [2.24, 2.45) is 7.05 Å². The van der Waals surface area contributed by atoms with Crippen molar-refractivity contribution in [1.29, 1.82) is 0 Å². The summed E-state index contributed by atoms with van der Waals surface area (Å²) in [7, 11) is 1.82. The van der Waals surface area contributed by atoms with Gasteiger partial charge >= 0.3 is 0 Å². The summed E-state index contributed by atoms with van der Waals surface area (Å²) in [6, 6.07) is 0. The molecule has 1 heterocycles. The molecule has 0 radical (unpaired) electrons. The Morgan fingerprint density at radius 3 is 2.22 bits per heavy atom. The minimum absolute atomic E-state index is 0. The molecule has 0 saturated heterocycles. The molecule has 0 aliphatic carbocycles. The molecule has 3 nitrogen and oxygen atoms in total. The van der Waals surface area contributed by atoms with Crippen LogP contribution in [0.5, 0.6) is 0 Å². The molecule has 4 heteroatoms. The maximum atomic E-state index is 3.95. The molecule has 0 amide bonds. The van der Waals surface area contributed by atoms with Crippen LogP contribution < -0.4 is 0 Å². The summed E-state index contributed by atoms with van der Waals surface area (Å²) in [6.45, 7) is 5.47. The van der Waals surface area contributed by atoms with E-state index in [9.17, 15) is 0 Å². The molecular weight excluding hydrogens is 286 g/mol. The van der Waals surface area contributed by atoms with E-state index in [4.69, 9.17) is 0 Å². The monoisotopic (exact) mass is 294 g/mol. The second-order valence-electron chi connectivity index (χ2n) is 1.70. The first-order valence-corrected chi connectivity index (χ1v) is 2.40. The van der Waals surface area contributed by atoms with Crippen LogP contribution in [0.3, 0.4) is 0 Å². The van der Waals surface area contributed by atoms with E-state index in [1.54, 1.807) is 4.68 Å². The first-order chi connectivity index (χ1) is 3.70. The van der Waals surface area contributed by atoms with E-state index in [0.717, 1.165) is 5.82 Å². The Labute approximate surface area is 68.7 Å². The Bertz CT molecular complexity index is 175. The molecular formula is C5H8N3W-. The van der Waals surface area contributed by atoms with E-state index < -0.39 is 0 Å². The Balaban J connectivity index is 0.000000640. The van der Waals surface area contributed by atoms with Crippen molar-refractivity contribution in [3.63, 3.8) is 0 Å². The van der Waals surface area contributed by atoms with Gasteiger partial charge in [-0.25, -0.2) is 4.98 Å². The Morgan fingerprint density at radius 2 is 2.11 bits per heavy atom. The number of hydrogen-bond donors (Lipinski definition) is 0. The van der Waals surface area contributed by atoms with E-state index >= 15 is 0 Å². The van der Waals surface area contributed by atoms with Crippen LogP contribution in [0.15, 0.2) is 0 Å². The third kappa shape index (κ3) is 1.83. The van der Waals surface area contributed by atoms with Gasteiger partial charge in [0.1, 0.15) is 5.82 Å². The largest absolute Gasteiger partial charge is 0.338 e. The first-order valence-electron chi connectivity index (χ1n) is 2.40. The normalized spacial score (nSPS) is 8.67. The van der Waals surface area contributed by atoms with Gasteiger partial charge in [0.25, 0.3) is 0 Å². The topological polar surface area (TPSA) is 30.7 Å². The van der Waals surface area contributed by atoms with E-state index in [1.165, 1.54) is 0 Å². The fraction of sp³-hybridized carbons (Fsp3) is 0.400. The minimum Gasteiger partial charge on any atom is -0.338 e. The maximum absolute atomic E-state index is 3.95. The molecule has 9 heavy (non-hydrogen) atoms. The van der Waals surface area contributed by atoms with Gasteiger partial charge in [-0.05, 0) is 12.7 Å². The van der Waals surface area contributed by atoms with Crippen molar-refractivity contribution < 1.29 is 21.1 Å². The van der Waals surface area contributed by atoms with Gasteiger partial charge in [-0.2, -0.15) is 5.10 Å². The summed E-state index contributed by atoms with van der Waals surface area (Å²) in [4.78, 5) is 3.95. The predicted molar refractivity (Wildman–Crippen MR) is 30.2 cm³/mol. The maximum Gasteiger partial charge on any atom is 0.144 e. The van der Waals surface area contributed by atoms with Gasteiger partial charge in [0.05, 0.1) is 0 Å². The molecule has 0 unspecified atom stereocenters. The van der Waals surface area contributed by atoms with Crippen LogP contribution in [0, 0.1) is 13.8 Å². The fourth-order valence-electron chi connectivity index (χ4n) is 0.556. The quantitative estimate of drug-likeness (QED) is 0.645. The van der Waals surface area contributed by atoms with Crippen molar-refractivity contribution in [1.82, 2.24) is 14.8 Å². The molecule has 0 spiro atoms. The molecule has 0 aliphatic heterocycles. The van der Waals surface area contributed by atoms with Crippen LogP contribution >= 0.6 is 0 Å². The third-order valence-corrected chi connectivity index (χ3v) is 0.959. The van der Waals surface area contributed by atoms with Crippen molar-refractivity contribution in [2.75, 3.05) is 0 Å². The van der Waals surface area contributed by atoms with Gasteiger partial charge in [-0.1, -0.05) is 0 Å². The number of nitrogens with zero attached hydrogens (tertiary/aromatic N) is 3. The number of hydrogen-bond acceptors (Lipinski definition) is 2. The van der Waals surface area contributed by atoms with Crippen LogP contribution in [0.2, 0.25) is 0 Å². The zero-order chi connectivity index (χ0) is 6.15. The molecule has 1 rings (SSSR count). The van der Waals surface area contributed by atoms with Crippen LogP contribution in [0.1, 0.15) is 11.6 Å². The van der Waals surface area contributed by atoms with Crippen molar-refractivity contribution in [2.45, 2.75) is 6.92 Å². The molecule has 0 aliphatic rings. The minimum atomic E-state index is 0. The van der Waals surface area contributed by atoms with E-state index in [1.807, 2.05) is 14.0 Å². The molecule has 0 aromatic carbocycles. The van der Waals surface area contributed by atoms with Gasteiger partial charge in [0.2, 0.25) is 0 Å². The Kier molecular flexibility index (Phi) is 2.92. The Hall–Kier alpha value is -0.302. The first kappa shape index (κ1) is 8.70. The van der Waals surface area contributed by atoms with Crippen LogP contribution in [0.25, 0.3) is 0 Å². The molecule has 0 saturated carbocycles. The molecule has 0 N–H and O–H groups in total. The number of rotatable bonds is 0. The average molecular weight is 294 g/mol. The van der Waals surface area contributed by atoms with Gasteiger partial charge in [-0.15, -0.1) is 0 Å². The smallest absolute Gasteiger partial charge is 0.144 e. The molecule has 0 fully saturated rings. The number of aryl methyl sites for hydroxylation is 2. The molecule has 0 bridgehead atoms. The number of aromatic nitrogens is 3. The summed E-state index contributed by atoms with van der Waals surface area (Å²) in [5.41, 5.74) is 0. The van der Waals surface area contributed by atoms with Crippen molar-refractivity contribution >= 4 is 0 Å². The van der Waals surface area contributed by atoms with Crippen LogP contribution in [-0.4, -0.2) is 14.8 Å². The van der Waals surface area contributed by atoms with Gasteiger partial charge in [-0.3, -0.25) is 4.68 Å². The van der Waals surface area contributed by atoms with Gasteiger partial charge < -0.3 is 6.92 Å². The zero-order valence-electron chi connectivity index (χ0n) is 5.46. The van der Waals surface area contributed by atoms with E-state index in [0.29, 0.717) is 5.82 Å². The van der Waals surface area contributed by atoms with Crippen molar-refractivity contribution in [3.05, 3.63) is 18.6 Å². The SMILES string of the molecule is [CH2-]c1nc(C)nn1C.[W]. The van der Waals surface area contributed by atoms with Crippen LogP contribution in [-0.2, 0) is 28.1 Å². The van der Waals surface area contributed by atoms with Crippen molar-refractivity contribution in [3.8, 4) is 0 Å². The molecule has 1 aromatic heterocycles. The molecule has 50 valence electrons. The second-order valence-corrected chi connectivity index (χ2v) is 1.70. The van der Waals surface area contributed by atoms with Gasteiger partial charge in [0.15, 0.2) is 0 Å². The third-order valence-electron chi connectivity index (χ3n) is 0.959. The van der Waals surface area contributed by atoms with E-state index in [-0.39, 0.29) is 21.1 Å². The molecule has 0 atom stereocenters. The Morgan fingerprint density at radius 1 is 1.56 bits per heavy atom. The average Bonchev–Trinajstić information content (AvgIpc) is 1.85. The summed E-state index contributed by atoms with van der Waals surface area (Å²) in [5, 5.41) is 3.95.